The van der Waals surface area contributed by atoms with E-state index in [0.717, 1.165) is 29.6 Å². The molecular weight excluding hydrogens is 352 g/mol. The molecule has 2 aromatic rings. The highest BCUT2D eigenvalue weighted by molar-refractivity contribution is 5.82. The van der Waals surface area contributed by atoms with E-state index in [1.54, 1.807) is 6.07 Å². The lowest BCUT2D eigenvalue weighted by Crippen LogP contribution is -2.35. The number of rotatable bonds is 5. The molecule has 1 aromatic carbocycles. The van der Waals surface area contributed by atoms with Gasteiger partial charge in [0.05, 0.1) is 0 Å². The van der Waals surface area contributed by atoms with Crippen LogP contribution in [0, 0.1) is 19.8 Å². The van der Waals surface area contributed by atoms with E-state index in [-0.39, 0.29) is 5.63 Å². The third-order valence-electron chi connectivity index (χ3n) is 6.46. The SMILES string of the molecule is Cc1cc2oc(=O)cc(CN(C)CC3CC(=O)N(C4CCCC4)C3)c2cc1C. The maximum absolute atomic E-state index is 12.5. The van der Waals surface area contributed by atoms with Crippen molar-refractivity contribution in [1.29, 1.82) is 0 Å². The number of hydrogen-bond donors (Lipinski definition) is 0. The van der Waals surface area contributed by atoms with E-state index in [0.29, 0.717) is 36.4 Å². The third-order valence-corrected chi connectivity index (χ3v) is 6.46. The Bertz CT molecular complexity index is 943. The van der Waals surface area contributed by atoms with Gasteiger partial charge in [-0.15, -0.1) is 0 Å². The number of carbonyl (C=O) groups excluding carboxylic acids is 1. The van der Waals surface area contributed by atoms with E-state index in [1.807, 2.05) is 13.0 Å². The van der Waals surface area contributed by atoms with Crippen LogP contribution in [-0.4, -0.2) is 41.9 Å². The lowest BCUT2D eigenvalue weighted by molar-refractivity contribution is -0.129. The van der Waals surface area contributed by atoms with Gasteiger partial charge in [0, 0.05) is 43.5 Å². The third kappa shape index (κ3) is 3.86. The molecule has 150 valence electrons. The monoisotopic (exact) mass is 382 g/mol. The molecule has 0 bridgehead atoms. The number of nitrogens with zero attached hydrogens (tertiary/aromatic N) is 2. The Hall–Kier alpha value is -2.14. The van der Waals surface area contributed by atoms with Gasteiger partial charge >= 0.3 is 5.63 Å². The fraction of sp³-hybridized carbons (Fsp3) is 0.565. The van der Waals surface area contributed by atoms with Gasteiger partial charge in [-0.25, -0.2) is 4.79 Å². The summed E-state index contributed by atoms with van der Waals surface area (Å²) in [5.74, 6) is 0.690. The number of benzene rings is 1. The van der Waals surface area contributed by atoms with Crippen molar-refractivity contribution in [3.8, 4) is 0 Å². The molecule has 2 heterocycles. The van der Waals surface area contributed by atoms with Gasteiger partial charge in [0.1, 0.15) is 5.58 Å². The summed E-state index contributed by atoms with van der Waals surface area (Å²) >= 11 is 0. The first-order chi connectivity index (χ1) is 13.4. The molecule has 1 atom stereocenters. The Balaban J connectivity index is 1.47. The van der Waals surface area contributed by atoms with Crippen LogP contribution in [0.15, 0.2) is 27.4 Å². The Morgan fingerprint density at radius 3 is 2.57 bits per heavy atom. The van der Waals surface area contributed by atoms with Crippen LogP contribution >= 0.6 is 0 Å². The van der Waals surface area contributed by atoms with Crippen molar-refractivity contribution < 1.29 is 9.21 Å². The summed E-state index contributed by atoms with van der Waals surface area (Å²) in [5, 5.41) is 1.00. The van der Waals surface area contributed by atoms with Crippen LogP contribution in [0.4, 0.5) is 0 Å². The molecule has 4 rings (SSSR count). The summed E-state index contributed by atoms with van der Waals surface area (Å²) < 4.78 is 5.41. The molecule has 1 aromatic heterocycles. The van der Waals surface area contributed by atoms with E-state index >= 15 is 0 Å². The summed E-state index contributed by atoms with van der Waals surface area (Å²) in [6, 6.07) is 6.14. The van der Waals surface area contributed by atoms with Crippen LogP contribution in [0.25, 0.3) is 11.0 Å². The van der Waals surface area contributed by atoms with Crippen LogP contribution in [-0.2, 0) is 11.3 Å². The average molecular weight is 383 g/mol. The largest absolute Gasteiger partial charge is 0.423 e. The first-order valence-corrected chi connectivity index (χ1v) is 10.4. The topological polar surface area (TPSA) is 53.8 Å². The van der Waals surface area contributed by atoms with Crippen LogP contribution in [0.3, 0.4) is 0 Å². The number of carbonyl (C=O) groups is 1. The zero-order valence-electron chi connectivity index (χ0n) is 17.2. The predicted molar refractivity (Wildman–Crippen MR) is 110 cm³/mol. The minimum atomic E-state index is -0.303. The second kappa shape index (κ2) is 7.70. The number of aryl methyl sites for hydroxylation is 2. The Morgan fingerprint density at radius 2 is 1.82 bits per heavy atom. The first kappa shape index (κ1) is 19.2. The van der Waals surface area contributed by atoms with Crippen LogP contribution < -0.4 is 5.63 Å². The molecular formula is C23H30N2O3. The number of amides is 1. The molecule has 1 amide bonds. The van der Waals surface area contributed by atoms with E-state index in [9.17, 15) is 9.59 Å². The van der Waals surface area contributed by atoms with Crippen molar-refractivity contribution in [3.63, 3.8) is 0 Å². The lowest BCUT2D eigenvalue weighted by atomic mass is 10.0. The molecule has 1 saturated heterocycles. The number of hydrogen-bond acceptors (Lipinski definition) is 4. The Labute approximate surface area is 166 Å². The summed E-state index contributed by atoms with van der Waals surface area (Å²) in [4.78, 5) is 28.8. The van der Waals surface area contributed by atoms with Crippen molar-refractivity contribution >= 4 is 16.9 Å². The second-order valence-electron chi connectivity index (χ2n) is 8.77. The highest BCUT2D eigenvalue weighted by atomic mass is 16.4. The lowest BCUT2D eigenvalue weighted by Gasteiger charge is -2.25. The molecule has 2 aliphatic rings. The normalized spacial score (nSPS) is 20.8. The molecule has 28 heavy (non-hydrogen) atoms. The maximum Gasteiger partial charge on any atom is 0.336 e. The smallest absolute Gasteiger partial charge is 0.336 e. The molecule has 0 N–H and O–H groups in total. The van der Waals surface area contributed by atoms with Crippen molar-refractivity contribution in [1.82, 2.24) is 9.80 Å². The molecule has 1 saturated carbocycles. The quantitative estimate of drug-likeness (QED) is 0.741. The molecule has 1 aliphatic heterocycles. The number of fused-ring (bicyclic) bond motifs is 1. The van der Waals surface area contributed by atoms with Gasteiger partial charge in [-0.1, -0.05) is 12.8 Å². The molecule has 5 heteroatoms. The summed E-state index contributed by atoms with van der Waals surface area (Å²) in [6.45, 7) is 6.53. The van der Waals surface area contributed by atoms with Gasteiger partial charge in [-0.2, -0.15) is 0 Å². The highest BCUT2D eigenvalue weighted by Gasteiger charge is 2.35. The van der Waals surface area contributed by atoms with E-state index < -0.39 is 0 Å². The zero-order valence-corrected chi connectivity index (χ0v) is 17.2. The molecule has 5 nitrogen and oxygen atoms in total. The van der Waals surface area contributed by atoms with Crippen molar-refractivity contribution in [2.24, 2.45) is 5.92 Å². The van der Waals surface area contributed by atoms with Crippen LogP contribution in [0.1, 0.15) is 48.8 Å². The van der Waals surface area contributed by atoms with Crippen molar-refractivity contribution in [2.75, 3.05) is 20.1 Å². The molecule has 2 fully saturated rings. The Morgan fingerprint density at radius 1 is 1.11 bits per heavy atom. The van der Waals surface area contributed by atoms with Crippen LogP contribution in [0.2, 0.25) is 0 Å². The zero-order chi connectivity index (χ0) is 19.8. The van der Waals surface area contributed by atoms with Crippen molar-refractivity contribution in [3.05, 3.63) is 45.3 Å². The fourth-order valence-electron chi connectivity index (χ4n) is 4.91. The average Bonchev–Trinajstić information content (AvgIpc) is 3.26. The molecule has 0 spiro atoms. The van der Waals surface area contributed by atoms with Gasteiger partial charge < -0.3 is 14.2 Å². The standard InChI is InChI=1S/C23H30N2O3/c1-15-8-20-18(11-23(27)28-21(20)9-16(15)2)14-24(3)12-17-10-22(26)25(13-17)19-6-4-5-7-19/h8-9,11,17,19H,4-7,10,12-14H2,1-3H3. The fourth-order valence-corrected chi connectivity index (χ4v) is 4.91. The minimum absolute atomic E-state index is 0.303. The van der Waals surface area contributed by atoms with Gasteiger partial charge in [-0.05, 0) is 68.5 Å². The van der Waals surface area contributed by atoms with E-state index in [4.69, 9.17) is 4.42 Å². The minimum Gasteiger partial charge on any atom is -0.423 e. The number of likely N-dealkylation sites (tertiary alicyclic amines) is 1. The summed E-state index contributed by atoms with van der Waals surface area (Å²) in [6.07, 6.45) is 5.48. The molecule has 1 aliphatic carbocycles. The van der Waals surface area contributed by atoms with Gasteiger partial charge in [0.25, 0.3) is 0 Å². The summed E-state index contributed by atoms with van der Waals surface area (Å²) in [7, 11) is 2.07. The highest BCUT2D eigenvalue weighted by Crippen LogP contribution is 2.30. The van der Waals surface area contributed by atoms with Gasteiger partial charge in [-0.3, -0.25) is 4.79 Å². The van der Waals surface area contributed by atoms with E-state index in [1.165, 1.54) is 31.2 Å². The van der Waals surface area contributed by atoms with Gasteiger partial charge in [0.2, 0.25) is 5.91 Å². The Kier molecular flexibility index (Phi) is 5.28. The summed E-state index contributed by atoms with van der Waals surface area (Å²) in [5.41, 5.74) is 3.66. The maximum atomic E-state index is 12.5. The second-order valence-corrected chi connectivity index (χ2v) is 8.77. The van der Waals surface area contributed by atoms with Crippen LogP contribution in [0.5, 0.6) is 0 Å². The van der Waals surface area contributed by atoms with Crippen molar-refractivity contribution in [2.45, 2.75) is 58.5 Å². The predicted octanol–water partition coefficient (Wildman–Crippen LogP) is 3.63. The van der Waals surface area contributed by atoms with E-state index in [2.05, 4.69) is 29.8 Å². The van der Waals surface area contributed by atoms with Gasteiger partial charge in [0.15, 0.2) is 0 Å². The first-order valence-electron chi connectivity index (χ1n) is 10.4. The molecule has 1 unspecified atom stereocenters. The molecule has 0 radical (unpaired) electrons.